The standard InChI is InChI=1S/C15H18N2O5S2/c1-12-4-8-14(9-5-12)23(18,19)16-17(2)24(20,21)15-10-6-13(22-3)7-11-15/h4-11,16H,1-3H3. The molecule has 2 aromatic carbocycles. The molecule has 24 heavy (non-hydrogen) atoms. The molecule has 2 aromatic rings. The van der Waals surface area contributed by atoms with E-state index in [4.69, 9.17) is 4.74 Å². The van der Waals surface area contributed by atoms with Gasteiger partial charge in [-0.15, -0.1) is 9.25 Å². The van der Waals surface area contributed by atoms with Gasteiger partial charge in [-0.25, -0.2) is 16.8 Å². The van der Waals surface area contributed by atoms with E-state index in [1.54, 1.807) is 12.1 Å². The summed E-state index contributed by atoms with van der Waals surface area (Å²) < 4.78 is 55.0. The van der Waals surface area contributed by atoms with Crippen LogP contribution >= 0.6 is 0 Å². The summed E-state index contributed by atoms with van der Waals surface area (Å²) in [5, 5.41) is 0. The predicted molar refractivity (Wildman–Crippen MR) is 89.4 cm³/mol. The van der Waals surface area contributed by atoms with Gasteiger partial charge in [0.1, 0.15) is 5.75 Å². The zero-order valence-electron chi connectivity index (χ0n) is 13.4. The topological polar surface area (TPSA) is 92.8 Å². The molecule has 0 fully saturated rings. The van der Waals surface area contributed by atoms with Crippen LogP contribution in [0.1, 0.15) is 5.56 Å². The molecule has 7 nitrogen and oxygen atoms in total. The average Bonchev–Trinajstić information content (AvgIpc) is 2.54. The fraction of sp³-hybridized carbons (Fsp3) is 0.200. The van der Waals surface area contributed by atoms with Crippen LogP contribution in [-0.4, -0.2) is 35.4 Å². The predicted octanol–water partition coefficient (Wildman–Crippen LogP) is 1.52. The van der Waals surface area contributed by atoms with Crippen LogP contribution in [0.3, 0.4) is 0 Å². The van der Waals surface area contributed by atoms with Crippen LogP contribution < -0.4 is 9.57 Å². The lowest BCUT2D eigenvalue weighted by atomic mass is 10.2. The highest BCUT2D eigenvalue weighted by atomic mass is 32.2. The first-order chi connectivity index (χ1) is 11.2. The van der Waals surface area contributed by atoms with Crippen LogP contribution in [0, 0.1) is 6.92 Å². The zero-order chi connectivity index (χ0) is 18.0. The molecule has 0 amide bonds. The first-order valence-electron chi connectivity index (χ1n) is 6.89. The van der Waals surface area contributed by atoms with Crippen LogP contribution in [-0.2, 0) is 20.0 Å². The number of benzene rings is 2. The second kappa shape index (κ2) is 6.89. The van der Waals surface area contributed by atoms with Gasteiger partial charge >= 0.3 is 0 Å². The highest BCUT2D eigenvalue weighted by Gasteiger charge is 2.26. The summed E-state index contributed by atoms with van der Waals surface area (Å²) in [6.07, 6.45) is 0. The van der Waals surface area contributed by atoms with E-state index in [2.05, 4.69) is 0 Å². The van der Waals surface area contributed by atoms with Gasteiger partial charge in [0.25, 0.3) is 20.0 Å². The summed E-state index contributed by atoms with van der Waals surface area (Å²) >= 11 is 0. The molecule has 130 valence electrons. The number of methoxy groups -OCH3 is 1. The van der Waals surface area contributed by atoms with E-state index >= 15 is 0 Å². The normalized spacial score (nSPS) is 12.3. The minimum absolute atomic E-state index is 0.0233. The number of hydrogen-bond acceptors (Lipinski definition) is 5. The average molecular weight is 370 g/mol. The number of aryl methyl sites for hydroxylation is 1. The Kier molecular flexibility index (Phi) is 5.29. The van der Waals surface area contributed by atoms with Crippen LogP contribution in [0.15, 0.2) is 58.3 Å². The Morgan fingerprint density at radius 3 is 1.88 bits per heavy atom. The van der Waals surface area contributed by atoms with Gasteiger partial charge < -0.3 is 4.74 Å². The summed E-state index contributed by atoms with van der Waals surface area (Å²) in [6, 6.07) is 11.7. The van der Waals surface area contributed by atoms with E-state index < -0.39 is 20.0 Å². The number of hydrogen-bond donors (Lipinski definition) is 1. The van der Waals surface area contributed by atoms with Crippen LogP contribution in [0.25, 0.3) is 0 Å². The largest absolute Gasteiger partial charge is 0.497 e. The molecule has 0 radical (unpaired) electrons. The number of ether oxygens (including phenoxy) is 1. The van der Waals surface area contributed by atoms with Crippen molar-refractivity contribution >= 4 is 20.0 Å². The van der Waals surface area contributed by atoms with Crippen molar-refractivity contribution in [1.82, 2.24) is 9.25 Å². The van der Waals surface area contributed by atoms with E-state index in [-0.39, 0.29) is 9.79 Å². The summed E-state index contributed by atoms with van der Waals surface area (Å²) in [4.78, 5) is 1.96. The van der Waals surface area contributed by atoms with Gasteiger partial charge in [0, 0.05) is 7.05 Å². The van der Waals surface area contributed by atoms with Gasteiger partial charge in [-0.3, -0.25) is 0 Å². The highest BCUT2D eigenvalue weighted by Crippen LogP contribution is 2.19. The Labute approximate surface area is 141 Å². The lowest BCUT2D eigenvalue weighted by Gasteiger charge is -2.18. The van der Waals surface area contributed by atoms with Gasteiger partial charge in [-0.1, -0.05) is 17.7 Å². The minimum atomic E-state index is -4.03. The van der Waals surface area contributed by atoms with Gasteiger partial charge in [0.2, 0.25) is 0 Å². The Balaban J connectivity index is 2.26. The number of rotatable bonds is 6. The highest BCUT2D eigenvalue weighted by molar-refractivity contribution is 7.92. The second-order valence-electron chi connectivity index (χ2n) is 5.06. The number of hydrazine groups is 1. The monoisotopic (exact) mass is 370 g/mol. The molecular weight excluding hydrogens is 352 g/mol. The first-order valence-corrected chi connectivity index (χ1v) is 9.81. The van der Waals surface area contributed by atoms with Crippen molar-refractivity contribution in [2.75, 3.05) is 14.2 Å². The van der Waals surface area contributed by atoms with Crippen molar-refractivity contribution in [2.45, 2.75) is 16.7 Å². The molecule has 0 aliphatic heterocycles. The minimum Gasteiger partial charge on any atom is -0.497 e. The molecule has 1 N–H and O–H groups in total. The van der Waals surface area contributed by atoms with Gasteiger partial charge in [-0.2, -0.15) is 0 Å². The number of nitrogens with one attached hydrogen (secondary N) is 1. The fourth-order valence-electron chi connectivity index (χ4n) is 1.89. The molecule has 0 aliphatic carbocycles. The maximum Gasteiger partial charge on any atom is 0.256 e. The Morgan fingerprint density at radius 2 is 1.38 bits per heavy atom. The smallest absolute Gasteiger partial charge is 0.256 e. The molecule has 0 aliphatic rings. The van der Waals surface area contributed by atoms with E-state index in [0.29, 0.717) is 10.2 Å². The van der Waals surface area contributed by atoms with Crippen molar-refractivity contribution in [2.24, 2.45) is 0 Å². The second-order valence-corrected chi connectivity index (χ2v) is 8.69. The van der Waals surface area contributed by atoms with Gasteiger partial charge in [-0.05, 0) is 43.3 Å². The van der Waals surface area contributed by atoms with E-state index in [0.717, 1.165) is 12.6 Å². The third-order valence-electron chi connectivity index (χ3n) is 3.30. The molecule has 0 unspecified atom stereocenters. The van der Waals surface area contributed by atoms with E-state index in [1.165, 1.54) is 43.5 Å². The van der Waals surface area contributed by atoms with Crippen molar-refractivity contribution in [3.05, 3.63) is 54.1 Å². The third-order valence-corrected chi connectivity index (χ3v) is 6.50. The summed E-state index contributed by atoms with van der Waals surface area (Å²) in [5.74, 6) is 0.497. The Hall–Kier alpha value is -1.94. The molecule has 0 saturated heterocycles. The first kappa shape index (κ1) is 18.4. The zero-order valence-corrected chi connectivity index (χ0v) is 15.1. The summed E-state index contributed by atoms with van der Waals surface area (Å²) in [7, 11) is -5.44. The van der Waals surface area contributed by atoms with Gasteiger partial charge in [0.05, 0.1) is 16.9 Å². The van der Waals surface area contributed by atoms with Crippen molar-refractivity contribution in [3.8, 4) is 5.75 Å². The maximum absolute atomic E-state index is 12.5. The van der Waals surface area contributed by atoms with Crippen molar-refractivity contribution < 1.29 is 21.6 Å². The van der Waals surface area contributed by atoms with Crippen LogP contribution in [0.5, 0.6) is 5.75 Å². The molecule has 0 aromatic heterocycles. The molecular formula is C15H18N2O5S2. The summed E-state index contributed by atoms with van der Waals surface area (Å²) in [5.41, 5.74) is 0.896. The van der Waals surface area contributed by atoms with Gasteiger partial charge in [0.15, 0.2) is 0 Å². The van der Waals surface area contributed by atoms with E-state index in [9.17, 15) is 16.8 Å². The SMILES string of the molecule is COc1ccc(S(=O)(=O)N(C)NS(=O)(=O)c2ccc(C)cc2)cc1. The van der Waals surface area contributed by atoms with Crippen molar-refractivity contribution in [1.29, 1.82) is 0 Å². The molecule has 2 rings (SSSR count). The summed E-state index contributed by atoms with van der Waals surface area (Å²) in [6.45, 7) is 1.82. The molecule has 0 saturated carbocycles. The van der Waals surface area contributed by atoms with Crippen LogP contribution in [0.2, 0.25) is 0 Å². The Morgan fingerprint density at radius 1 is 0.875 bits per heavy atom. The number of sulfonamides is 2. The van der Waals surface area contributed by atoms with Crippen molar-refractivity contribution in [3.63, 3.8) is 0 Å². The third kappa shape index (κ3) is 3.93. The quantitative estimate of drug-likeness (QED) is 0.778. The molecule has 0 spiro atoms. The Bertz CT molecular complexity index is 905. The molecule has 9 heteroatoms. The maximum atomic E-state index is 12.5. The molecule has 0 bridgehead atoms. The molecule has 0 atom stereocenters. The lowest BCUT2D eigenvalue weighted by Crippen LogP contribution is -2.43. The lowest BCUT2D eigenvalue weighted by molar-refractivity contribution is 0.413. The fourth-order valence-corrected chi connectivity index (χ4v) is 4.32. The van der Waals surface area contributed by atoms with Crippen LogP contribution in [0.4, 0.5) is 0 Å². The van der Waals surface area contributed by atoms with E-state index in [1.807, 2.05) is 11.8 Å². The molecule has 0 heterocycles. The number of nitrogens with zero attached hydrogens (tertiary/aromatic N) is 1.